The summed E-state index contributed by atoms with van der Waals surface area (Å²) in [6.07, 6.45) is 0. The Labute approximate surface area is 89.9 Å². The van der Waals surface area contributed by atoms with Crippen molar-refractivity contribution in [3.63, 3.8) is 0 Å². The Morgan fingerprint density at radius 1 is 1.50 bits per heavy atom. The SMILES string of the molecule is CN.Cc1cc(C(=O)O)cc(F)c1Br. The summed E-state index contributed by atoms with van der Waals surface area (Å²) in [5, 5.41) is 8.54. The summed E-state index contributed by atoms with van der Waals surface area (Å²) in [5.41, 5.74) is 5.04. The van der Waals surface area contributed by atoms with Crippen LogP contribution in [-0.4, -0.2) is 18.1 Å². The predicted molar refractivity (Wildman–Crippen MR) is 55.9 cm³/mol. The van der Waals surface area contributed by atoms with Crippen LogP contribution >= 0.6 is 15.9 Å². The van der Waals surface area contributed by atoms with Crippen molar-refractivity contribution in [2.24, 2.45) is 5.73 Å². The lowest BCUT2D eigenvalue weighted by atomic mass is 10.1. The summed E-state index contributed by atoms with van der Waals surface area (Å²) in [6.45, 7) is 1.64. The monoisotopic (exact) mass is 263 g/mol. The Kier molecular flexibility index (Phi) is 5.34. The van der Waals surface area contributed by atoms with Gasteiger partial charge in [-0.15, -0.1) is 0 Å². The molecule has 0 heterocycles. The van der Waals surface area contributed by atoms with Crippen LogP contribution in [0, 0.1) is 12.7 Å². The fourth-order valence-corrected chi connectivity index (χ4v) is 1.08. The summed E-state index contributed by atoms with van der Waals surface area (Å²) in [4.78, 5) is 10.4. The van der Waals surface area contributed by atoms with Crippen molar-refractivity contribution in [3.05, 3.63) is 33.5 Å². The molecule has 0 fully saturated rings. The third kappa shape index (κ3) is 3.08. The minimum absolute atomic E-state index is 0.0341. The molecule has 3 nitrogen and oxygen atoms in total. The van der Waals surface area contributed by atoms with Crippen LogP contribution in [0.25, 0.3) is 0 Å². The average molecular weight is 264 g/mol. The second kappa shape index (κ2) is 5.72. The highest BCUT2D eigenvalue weighted by Crippen LogP contribution is 2.21. The van der Waals surface area contributed by atoms with Crippen LogP contribution in [0.3, 0.4) is 0 Å². The van der Waals surface area contributed by atoms with Gasteiger partial charge in [-0.25, -0.2) is 9.18 Å². The van der Waals surface area contributed by atoms with Gasteiger partial charge in [0.2, 0.25) is 0 Å². The number of hydrogen-bond donors (Lipinski definition) is 2. The van der Waals surface area contributed by atoms with Crippen LogP contribution in [-0.2, 0) is 0 Å². The molecule has 14 heavy (non-hydrogen) atoms. The fraction of sp³-hybridized carbons (Fsp3) is 0.222. The minimum atomic E-state index is -1.12. The molecule has 0 aromatic heterocycles. The first kappa shape index (κ1) is 13.1. The maximum atomic E-state index is 12.9. The number of carboxylic acid groups (broad SMARTS) is 1. The van der Waals surface area contributed by atoms with Crippen LogP contribution in [0.1, 0.15) is 15.9 Å². The highest BCUT2D eigenvalue weighted by Gasteiger charge is 2.09. The van der Waals surface area contributed by atoms with Gasteiger partial charge in [-0.1, -0.05) is 0 Å². The van der Waals surface area contributed by atoms with Crippen molar-refractivity contribution in [3.8, 4) is 0 Å². The lowest BCUT2D eigenvalue weighted by Gasteiger charge is -2.01. The Hall–Kier alpha value is -0.940. The molecule has 0 atom stereocenters. The molecule has 0 aliphatic carbocycles. The highest BCUT2D eigenvalue weighted by molar-refractivity contribution is 9.10. The molecule has 0 spiro atoms. The van der Waals surface area contributed by atoms with Gasteiger partial charge < -0.3 is 10.8 Å². The van der Waals surface area contributed by atoms with Crippen LogP contribution < -0.4 is 5.73 Å². The van der Waals surface area contributed by atoms with E-state index in [1.807, 2.05) is 0 Å². The number of nitrogens with two attached hydrogens (primary N) is 1. The van der Waals surface area contributed by atoms with Crippen molar-refractivity contribution in [2.45, 2.75) is 6.92 Å². The molecule has 0 aliphatic heterocycles. The second-order valence-electron chi connectivity index (χ2n) is 2.39. The topological polar surface area (TPSA) is 63.3 Å². The largest absolute Gasteiger partial charge is 0.478 e. The van der Waals surface area contributed by atoms with Crippen LogP contribution in [0.5, 0.6) is 0 Å². The lowest BCUT2D eigenvalue weighted by molar-refractivity contribution is 0.0696. The van der Waals surface area contributed by atoms with Gasteiger partial charge in [0.25, 0.3) is 0 Å². The number of aryl methyl sites for hydroxylation is 1. The maximum absolute atomic E-state index is 12.9. The molecular formula is C9H11BrFNO2. The van der Waals surface area contributed by atoms with E-state index in [0.29, 0.717) is 10.0 Å². The number of hydrogen-bond acceptors (Lipinski definition) is 2. The van der Waals surface area contributed by atoms with Gasteiger partial charge in [0.15, 0.2) is 0 Å². The molecule has 78 valence electrons. The summed E-state index contributed by atoms with van der Waals surface area (Å²) < 4.78 is 13.2. The van der Waals surface area contributed by atoms with Crippen LogP contribution in [0.4, 0.5) is 4.39 Å². The predicted octanol–water partition coefficient (Wildman–Crippen LogP) is 2.17. The van der Waals surface area contributed by atoms with Crippen molar-refractivity contribution in [1.82, 2.24) is 0 Å². The van der Waals surface area contributed by atoms with Crippen molar-refractivity contribution in [2.75, 3.05) is 7.05 Å². The van der Waals surface area contributed by atoms with Gasteiger partial charge in [0, 0.05) is 0 Å². The van der Waals surface area contributed by atoms with Gasteiger partial charge in [-0.2, -0.15) is 0 Å². The number of benzene rings is 1. The number of aromatic carboxylic acids is 1. The Bertz CT molecular complexity index is 319. The van der Waals surface area contributed by atoms with Crippen molar-refractivity contribution in [1.29, 1.82) is 0 Å². The number of carbonyl (C=O) groups is 1. The van der Waals surface area contributed by atoms with E-state index in [-0.39, 0.29) is 5.56 Å². The van der Waals surface area contributed by atoms with Gasteiger partial charge >= 0.3 is 5.97 Å². The Morgan fingerprint density at radius 2 is 2.00 bits per heavy atom. The van der Waals surface area contributed by atoms with Crippen molar-refractivity contribution < 1.29 is 14.3 Å². The van der Waals surface area contributed by atoms with E-state index in [0.717, 1.165) is 6.07 Å². The van der Waals surface area contributed by atoms with Gasteiger partial charge in [0.05, 0.1) is 10.0 Å². The van der Waals surface area contributed by atoms with E-state index in [4.69, 9.17) is 5.11 Å². The maximum Gasteiger partial charge on any atom is 0.335 e. The molecular weight excluding hydrogens is 253 g/mol. The van der Waals surface area contributed by atoms with E-state index in [1.165, 1.54) is 13.1 Å². The van der Waals surface area contributed by atoms with E-state index in [1.54, 1.807) is 6.92 Å². The molecule has 5 heteroatoms. The zero-order valence-electron chi connectivity index (χ0n) is 7.84. The van der Waals surface area contributed by atoms with Gasteiger partial charge in [-0.05, 0) is 47.6 Å². The molecule has 0 amide bonds. The zero-order chi connectivity index (χ0) is 11.3. The lowest BCUT2D eigenvalue weighted by Crippen LogP contribution is -1.98. The number of rotatable bonds is 1. The third-order valence-corrected chi connectivity index (χ3v) is 2.46. The van der Waals surface area contributed by atoms with E-state index < -0.39 is 11.8 Å². The molecule has 0 unspecified atom stereocenters. The molecule has 3 N–H and O–H groups in total. The Balaban J connectivity index is 0.000000791. The Morgan fingerprint density at radius 3 is 2.36 bits per heavy atom. The summed E-state index contributed by atoms with van der Waals surface area (Å²) in [6, 6.07) is 2.40. The molecule has 0 saturated carbocycles. The fourth-order valence-electron chi connectivity index (χ4n) is 0.850. The standard InChI is InChI=1S/C8H6BrFO2.CH5N/c1-4-2-5(8(11)12)3-6(10)7(4)9;1-2/h2-3H,1H3,(H,11,12);2H2,1H3. The zero-order valence-corrected chi connectivity index (χ0v) is 9.43. The number of carboxylic acids is 1. The highest BCUT2D eigenvalue weighted by atomic mass is 79.9. The van der Waals surface area contributed by atoms with Crippen LogP contribution in [0.2, 0.25) is 0 Å². The molecule has 0 saturated heterocycles. The van der Waals surface area contributed by atoms with Gasteiger partial charge in [-0.3, -0.25) is 0 Å². The second-order valence-corrected chi connectivity index (χ2v) is 3.19. The van der Waals surface area contributed by atoms with E-state index in [2.05, 4.69) is 21.7 Å². The van der Waals surface area contributed by atoms with Crippen LogP contribution in [0.15, 0.2) is 16.6 Å². The third-order valence-electron chi connectivity index (χ3n) is 1.46. The summed E-state index contributed by atoms with van der Waals surface area (Å²) in [7, 11) is 1.50. The molecule has 0 aliphatic rings. The first-order chi connectivity index (χ1) is 6.52. The average Bonchev–Trinajstić information content (AvgIpc) is 2.16. The summed E-state index contributed by atoms with van der Waals surface area (Å²) >= 11 is 2.99. The molecule has 1 rings (SSSR count). The van der Waals surface area contributed by atoms with Crippen molar-refractivity contribution >= 4 is 21.9 Å². The molecule has 1 aromatic carbocycles. The normalized spacial score (nSPS) is 8.93. The van der Waals surface area contributed by atoms with E-state index in [9.17, 15) is 9.18 Å². The number of halogens is 2. The quantitative estimate of drug-likeness (QED) is 0.817. The first-order valence-corrected chi connectivity index (χ1v) is 4.58. The minimum Gasteiger partial charge on any atom is -0.478 e. The van der Waals surface area contributed by atoms with Gasteiger partial charge in [0.1, 0.15) is 5.82 Å². The summed E-state index contributed by atoms with van der Waals surface area (Å²) in [5.74, 6) is -1.67. The molecule has 1 aromatic rings. The smallest absolute Gasteiger partial charge is 0.335 e. The molecule has 0 radical (unpaired) electrons. The molecule has 0 bridgehead atoms. The first-order valence-electron chi connectivity index (χ1n) is 3.79. The van der Waals surface area contributed by atoms with E-state index >= 15 is 0 Å².